The van der Waals surface area contributed by atoms with Gasteiger partial charge >= 0.3 is 0 Å². The van der Waals surface area contributed by atoms with Gasteiger partial charge in [0.25, 0.3) is 10.1 Å². The highest BCUT2D eigenvalue weighted by molar-refractivity contribution is 7.86. The van der Waals surface area contributed by atoms with E-state index in [1.165, 1.54) is 11.1 Å². The van der Waals surface area contributed by atoms with E-state index in [2.05, 4.69) is 26.0 Å². The maximum atomic E-state index is 12.3. The zero-order valence-electron chi connectivity index (χ0n) is 14.9. The zero-order valence-corrected chi connectivity index (χ0v) is 15.7. The molecule has 0 N–H and O–H groups in total. The smallest absolute Gasteiger partial charge is 0.266 e. The fraction of sp³-hybridized carbons (Fsp3) is 0.500. The van der Waals surface area contributed by atoms with E-state index in [9.17, 15) is 8.42 Å². The molecule has 0 aromatic heterocycles. The minimum atomic E-state index is -3.66. The van der Waals surface area contributed by atoms with Crippen molar-refractivity contribution in [2.75, 3.05) is 6.61 Å². The van der Waals surface area contributed by atoms with Crippen LogP contribution in [0.4, 0.5) is 0 Å². The summed E-state index contributed by atoms with van der Waals surface area (Å²) in [5.41, 5.74) is 3.58. The van der Waals surface area contributed by atoms with Crippen molar-refractivity contribution >= 4 is 10.1 Å². The Morgan fingerprint density at radius 3 is 2.67 bits per heavy atom. The number of allylic oxidation sites excluding steroid dienone is 4. The van der Waals surface area contributed by atoms with Crippen molar-refractivity contribution in [3.8, 4) is 0 Å². The summed E-state index contributed by atoms with van der Waals surface area (Å²) in [7, 11) is -3.66. The van der Waals surface area contributed by atoms with Crippen LogP contribution in [0.15, 0.2) is 52.5 Å². The topological polar surface area (TPSA) is 43.4 Å². The Kier molecular flexibility index (Phi) is 6.81. The lowest BCUT2D eigenvalue weighted by Crippen LogP contribution is -2.17. The molecule has 0 heterocycles. The van der Waals surface area contributed by atoms with Crippen LogP contribution in [-0.2, 0) is 14.3 Å². The molecule has 132 valence electrons. The number of hydrogen-bond donors (Lipinski definition) is 0. The maximum absolute atomic E-state index is 12.3. The number of benzene rings is 1. The second-order valence-electron chi connectivity index (χ2n) is 6.83. The summed E-state index contributed by atoms with van der Waals surface area (Å²) in [6.45, 7) is 6.31. The molecule has 4 heteroatoms. The second-order valence-corrected chi connectivity index (χ2v) is 8.41. The molecule has 0 fully saturated rings. The fourth-order valence-electron chi connectivity index (χ4n) is 2.95. The molecule has 1 aliphatic rings. The lowest BCUT2D eigenvalue weighted by Gasteiger charge is -2.21. The molecule has 3 nitrogen and oxygen atoms in total. The van der Waals surface area contributed by atoms with Gasteiger partial charge in [0.2, 0.25) is 0 Å². The Hall–Kier alpha value is -1.39. The minimum absolute atomic E-state index is 0.272. The highest BCUT2D eigenvalue weighted by Crippen LogP contribution is 2.28. The molecular formula is C20H28O3S. The maximum Gasteiger partial charge on any atom is 0.297 e. The van der Waals surface area contributed by atoms with E-state index in [4.69, 9.17) is 4.18 Å². The van der Waals surface area contributed by atoms with Crippen molar-refractivity contribution in [1.82, 2.24) is 0 Å². The van der Waals surface area contributed by atoms with E-state index >= 15 is 0 Å². The molecular weight excluding hydrogens is 320 g/mol. The quantitative estimate of drug-likeness (QED) is 0.504. The average molecular weight is 349 g/mol. The first kappa shape index (κ1) is 18.9. The summed E-state index contributed by atoms with van der Waals surface area (Å²) in [5.74, 6) is 0.288. The van der Waals surface area contributed by atoms with Crippen LogP contribution in [0.5, 0.6) is 0 Å². The van der Waals surface area contributed by atoms with Gasteiger partial charge in [-0.1, -0.05) is 41.5 Å². The second kappa shape index (κ2) is 8.63. The highest BCUT2D eigenvalue weighted by atomic mass is 32.2. The Labute approximate surface area is 146 Å². The van der Waals surface area contributed by atoms with Crippen LogP contribution in [-0.4, -0.2) is 15.0 Å². The SMILES string of the molecule is CC(C)=CCCC1=CCC(COS(=O)(=O)c2ccccc2C)CC1. The van der Waals surface area contributed by atoms with Gasteiger partial charge in [0.15, 0.2) is 0 Å². The standard InChI is InChI=1S/C20H28O3S/c1-16(2)7-6-9-18-11-13-19(14-12-18)15-23-24(21,22)20-10-5-4-8-17(20)3/h4-5,7-8,10-11,19H,6,9,12-15H2,1-3H3. The molecule has 2 rings (SSSR count). The summed E-state index contributed by atoms with van der Waals surface area (Å²) in [5, 5.41) is 0. The van der Waals surface area contributed by atoms with Gasteiger partial charge < -0.3 is 0 Å². The van der Waals surface area contributed by atoms with Gasteiger partial charge in [0.1, 0.15) is 0 Å². The molecule has 0 radical (unpaired) electrons. The molecule has 24 heavy (non-hydrogen) atoms. The summed E-state index contributed by atoms with van der Waals surface area (Å²) >= 11 is 0. The van der Waals surface area contributed by atoms with E-state index in [1.54, 1.807) is 25.1 Å². The van der Waals surface area contributed by atoms with Gasteiger partial charge in [-0.2, -0.15) is 8.42 Å². The van der Waals surface area contributed by atoms with Gasteiger partial charge in [0.05, 0.1) is 11.5 Å². The Morgan fingerprint density at radius 1 is 1.29 bits per heavy atom. The van der Waals surface area contributed by atoms with E-state index in [0.717, 1.165) is 37.7 Å². The molecule has 0 bridgehead atoms. The van der Waals surface area contributed by atoms with Crippen molar-refractivity contribution in [3.05, 3.63) is 53.1 Å². The van der Waals surface area contributed by atoms with Crippen molar-refractivity contribution in [1.29, 1.82) is 0 Å². The van der Waals surface area contributed by atoms with Crippen LogP contribution in [0.3, 0.4) is 0 Å². The summed E-state index contributed by atoms with van der Waals surface area (Å²) in [4.78, 5) is 0.277. The Morgan fingerprint density at radius 2 is 2.04 bits per heavy atom. The fourth-order valence-corrected chi connectivity index (χ4v) is 4.16. The van der Waals surface area contributed by atoms with Crippen molar-refractivity contribution in [2.45, 2.75) is 57.8 Å². The molecule has 1 atom stereocenters. The number of aryl methyl sites for hydroxylation is 1. The third-order valence-corrected chi connectivity index (χ3v) is 5.90. The van der Waals surface area contributed by atoms with E-state index < -0.39 is 10.1 Å². The molecule has 1 aromatic carbocycles. The molecule has 1 aromatic rings. The molecule has 0 saturated carbocycles. The predicted octanol–water partition coefficient (Wildman–Crippen LogP) is 5.17. The van der Waals surface area contributed by atoms with Gasteiger partial charge in [-0.25, -0.2) is 0 Å². The minimum Gasteiger partial charge on any atom is -0.266 e. The molecule has 1 unspecified atom stereocenters. The molecule has 1 aliphatic carbocycles. The summed E-state index contributed by atoms with van der Waals surface area (Å²) in [6, 6.07) is 6.95. The molecule has 0 aliphatic heterocycles. The first-order valence-electron chi connectivity index (χ1n) is 8.65. The van der Waals surface area contributed by atoms with Crippen LogP contribution in [0.25, 0.3) is 0 Å². The lowest BCUT2D eigenvalue weighted by molar-refractivity contribution is 0.241. The third kappa shape index (κ3) is 5.60. The summed E-state index contributed by atoms with van der Waals surface area (Å²) < 4.78 is 30.0. The Balaban J connectivity index is 1.85. The Bertz CT molecular complexity index is 710. The predicted molar refractivity (Wildman–Crippen MR) is 98.4 cm³/mol. The normalized spacial score (nSPS) is 18.1. The van der Waals surface area contributed by atoms with E-state index in [0.29, 0.717) is 0 Å². The monoisotopic (exact) mass is 348 g/mol. The zero-order chi connectivity index (χ0) is 17.6. The van der Waals surface area contributed by atoms with Crippen LogP contribution in [0.2, 0.25) is 0 Å². The first-order valence-corrected chi connectivity index (χ1v) is 10.1. The van der Waals surface area contributed by atoms with Crippen LogP contribution >= 0.6 is 0 Å². The van der Waals surface area contributed by atoms with E-state index in [-0.39, 0.29) is 17.4 Å². The van der Waals surface area contributed by atoms with Crippen molar-refractivity contribution < 1.29 is 12.6 Å². The van der Waals surface area contributed by atoms with Crippen LogP contribution in [0.1, 0.15) is 51.5 Å². The van der Waals surface area contributed by atoms with Gasteiger partial charge in [-0.15, -0.1) is 0 Å². The first-order chi connectivity index (χ1) is 11.4. The lowest BCUT2D eigenvalue weighted by atomic mass is 9.88. The van der Waals surface area contributed by atoms with Gasteiger partial charge in [0, 0.05) is 0 Å². The highest BCUT2D eigenvalue weighted by Gasteiger charge is 2.21. The van der Waals surface area contributed by atoms with Gasteiger partial charge in [-0.05, 0) is 70.4 Å². The van der Waals surface area contributed by atoms with Crippen molar-refractivity contribution in [2.24, 2.45) is 5.92 Å². The number of rotatable bonds is 7. The number of hydrogen-bond acceptors (Lipinski definition) is 3. The van der Waals surface area contributed by atoms with Crippen LogP contribution in [0, 0.1) is 12.8 Å². The molecule has 0 amide bonds. The largest absolute Gasteiger partial charge is 0.297 e. The van der Waals surface area contributed by atoms with Crippen molar-refractivity contribution in [3.63, 3.8) is 0 Å². The summed E-state index contributed by atoms with van der Waals surface area (Å²) in [6.07, 6.45) is 9.71. The molecule has 0 saturated heterocycles. The third-order valence-electron chi connectivity index (χ3n) is 4.45. The van der Waals surface area contributed by atoms with E-state index in [1.807, 2.05) is 6.07 Å². The average Bonchev–Trinajstić information content (AvgIpc) is 2.54. The van der Waals surface area contributed by atoms with Gasteiger partial charge in [-0.3, -0.25) is 4.18 Å². The molecule has 0 spiro atoms. The van der Waals surface area contributed by atoms with Crippen LogP contribution < -0.4 is 0 Å².